The summed E-state index contributed by atoms with van der Waals surface area (Å²) >= 11 is 1.52. The number of methoxy groups -OCH3 is 1. The first-order valence-electron chi connectivity index (χ1n) is 4.29. The second kappa shape index (κ2) is 3.42. The summed E-state index contributed by atoms with van der Waals surface area (Å²) in [5.74, 6) is 0.718. The van der Waals surface area contributed by atoms with Gasteiger partial charge in [0, 0.05) is 10.3 Å². The zero-order valence-electron chi connectivity index (χ0n) is 8.03. The van der Waals surface area contributed by atoms with E-state index in [9.17, 15) is 4.79 Å². The number of thiophene rings is 1. The van der Waals surface area contributed by atoms with Crippen LogP contribution in [0.25, 0.3) is 10.1 Å². The summed E-state index contributed by atoms with van der Waals surface area (Å²) in [6.07, 6.45) is 0. The average molecular weight is 206 g/mol. The van der Waals surface area contributed by atoms with Crippen LogP contribution in [0.1, 0.15) is 4.88 Å². The van der Waals surface area contributed by atoms with Crippen molar-refractivity contribution in [1.29, 1.82) is 0 Å². The Labute approximate surface area is 85.8 Å². The first-order valence-corrected chi connectivity index (χ1v) is 5.11. The lowest BCUT2D eigenvalue weighted by Gasteiger charge is -1.91. The molecule has 0 saturated heterocycles. The van der Waals surface area contributed by atoms with Crippen molar-refractivity contribution in [2.75, 3.05) is 7.11 Å². The highest BCUT2D eigenvalue weighted by Crippen LogP contribution is 2.23. The number of hydrogen-bond donors (Lipinski definition) is 0. The summed E-state index contributed by atoms with van der Waals surface area (Å²) in [5.41, 5.74) is 0.0569. The fraction of sp³-hybridized carbons (Fsp3) is 0.182. The molecule has 2 aromatic rings. The summed E-state index contributed by atoms with van der Waals surface area (Å²) in [6.45, 7) is 2.00. The third-order valence-corrected chi connectivity index (χ3v) is 3.12. The molecule has 1 aromatic heterocycles. The maximum Gasteiger partial charge on any atom is 0.196 e. The van der Waals surface area contributed by atoms with Gasteiger partial charge < -0.3 is 4.74 Å². The zero-order chi connectivity index (χ0) is 10.1. The Balaban J connectivity index is 2.89. The highest BCUT2D eigenvalue weighted by atomic mass is 32.1. The molecule has 0 aliphatic heterocycles. The topological polar surface area (TPSA) is 26.3 Å². The molecular formula is C11H10O2S. The van der Waals surface area contributed by atoms with E-state index in [1.807, 2.05) is 19.1 Å². The van der Waals surface area contributed by atoms with Crippen LogP contribution in [0.15, 0.2) is 29.1 Å². The molecule has 2 rings (SSSR count). The highest BCUT2D eigenvalue weighted by molar-refractivity contribution is 7.18. The van der Waals surface area contributed by atoms with Crippen LogP contribution >= 0.6 is 11.3 Å². The largest absolute Gasteiger partial charge is 0.497 e. The highest BCUT2D eigenvalue weighted by Gasteiger charge is 2.01. The molecule has 0 amide bonds. The van der Waals surface area contributed by atoms with E-state index in [0.717, 1.165) is 20.7 Å². The van der Waals surface area contributed by atoms with E-state index in [0.29, 0.717) is 0 Å². The quantitative estimate of drug-likeness (QED) is 0.716. The Bertz CT molecular complexity index is 528. The Morgan fingerprint density at radius 3 is 2.79 bits per heavy atom. The molecule has 3 heteroatoms. The minimum Gasteiger partial charge on any atom is -0.497 e. The molecule has 0 aliphatic carbocycles. The van der Waals surface area contributed by atoms with E-state index >= 15 is 0 Å². The van der Waals surface area contributed by atoms with Crippen LogP contribution in [0, 0.1) is 6.92 Å². The lowest BCUT2D eigenvalue weighted by atomic mass is 10.3. The second-order valence-corrected chi connectivity index (χ2v) is 4.35. The maximum atomic E-state index is 11.6. The molecule has 0 atom stereocenters. The van der Waals surface area contributed by atoms with E-state index in [2.05, 4.69) is 0 Å². The van der Waals surface area contributed by atoms with Crippen molar-refractivity contribution in [2.45, 2.75) is 6.92 Å². The smallest absolute Gasteiger partial charge is 0.196 e. The van der Waals surface area contributed by atoms with Gasteiger partial charge in [0.1, 0.15) is 5.75 Å². The summed E-state index contributed by atoms with van der Waals surface area (Å²) in [6, 6.07) is 7.14. The zero-order valence-corrected chi connectivity index (χ0v) is 8.85. The number of hydrogen-bond acceptors (Lipinski definition) is 3. The molecule has 0 aliphatic rings. The maximum absolute atomic E-state index is 11.6. The third kappa shape index (κ3) is 1.51. The van der Waals surface area contributed by atoms with Gasteiger partial charge in [-0.3, -0.25) is 4.79 Å². The standard InChI is InChI=1S/C11H10O2S/c1-7-5-8-6-9(13-2)3-4-10(12)11(8)14-7/h3-6H,1-2H3. The molecular weight excluding hydrogens is 196 g/mol. The molecule has 14 heavy (non-hydrogen) atoms. The molecule has 0 saturated carbocycles. The number of aryl methyl sites for hydroxylation is 1. The fourth-order valence-corrected chi connectivity index (χ4v) is 2.31. The first kappa shape index (κ1) is 9.21. The molecule has 0 spiro atoms. The molecule has 0 bridgehead atoms. The van der Waals surface area contributed by atoms with Gasteiger partial charge in [0.2, 0.25) is 0 Å². The van der Waals surface area contributed by atoms with Crippen LogP contribution in [0.4, 0.5) is 0 Å². The molecule has 0 N–H and O–H groups in total. The molecule has 0 unspecified atom stereocenters. The number of fused-ring (bicyclic) bond motifs is 1. The van der Waals surface area contributed by atoms with Crippen molar-refractivity contribution in [3.05, 3.63) is 39.4 Å². The predicted octanol–water partition coefficient (Wildman–Crippen LogP) is 2.58. The van der Waals surface area contributed by atoms with E-state index in [-0.39, 0.29) is 5.43 Å². The van der Waals surface area contributed by atoms with Crippen molar-refractivity contribution < 1.29 is 4.74 Å². The molecule has 1 aromatic carbocycles. The van der Waals surface area contributed by atoms with Crippen molar-refractivity contribution in [3.63, 3.8) is 0 Å². The van der Waals surface area contributed by atoms with Crippen LogP contribution in [0.3, 0.4) is 0 Å². The second-order valence-electron chi connectivity index (χ2n) is 3.09. The normalized spacial score (nSPS) is 10.4. The molecule has 0 fully saturated rings. The Kier molecular flexibility index (Phi) is 2.25. The Hall–Kier alpha value is -1.35. The van der Waals surface area contributed by atoms with E-state index < -0.39 is 0 Å². The van der Waals surface area contributed by atoms with Crippen molar-refractivity contribution in [3.8, 4) is 5.75 Å². The van der Waals surface area contributed by atoms with Gasteiger partial charge in [-0.1, -0.05) is 0 Å². The molecule has 1 heterocycles. The van der Waals surface area contributed by atoms with E-state index in [1.54, 1.807) is 19.2 Å². The van der Waals surface area contributed by atoms with Gasteiger partial charge in [0.15, 0.2) is 5.43 Å². The van der Waals surface area contributed by atoms with Crippen LogP contribution in [0.2, 0.25) is 0 Å². The van der Waals surface area contributed by atoms with Crippen LogP contribution in [-0.4, -0.2) is 7.11 Å². The van der Waals surface area contributed by atoms with E-state index in [1.165, 1.54) is 11.3 Å². The van der Waals surface area contributed by atoms with Crippen molar-refractivity contribution in [1.82, 2.24) is 0 Å². The Morgan fingerprint density at radius 2 is 2.07 bits per heavy atom. The Morgan fingerprint density at radius 1 is 1.29 bits per heavy atom. The van der Waals surface area contributed by atoms with Crippen LogP contribution < -0.4 is 10.2 Å². The lowest BCUT2D eigenvalue weighted by molar-refractivity contribution is 0.415. The summed E-state index contributed by atoms with van der Waals surface area (Å²) in [4.78, 5) is 12.8. The summed E-state index contributed by atoms with van der Waals surface area (Å²) < 4.78 is 5.91. The summed E-state index contributed by atoms with van der Waals surface area (Å²) in [5, 5.41) is 0.958. The van der Waals surface area contributed by atoms with Gasteiger partial charge in [-0.2, -0.15) is 0 Å². The number of rotatable bonds is 1. The first-order chi connectivity index (χ1) is 6.70. The average Bonchev–Trinajstić information content (AvgIpc) is 2.46. The van der Waals surface area contributed by atoms with Crippen LogP contribution in [0.5, 0.6) is 5.75 Å². The fourth-order valence-electron chi connectivity index (χ4n) is 1.40. The predicted molar refractivity (Wildman–Crippen MR) is 59.4 cm³/mol. The monoisotopic (exact) mass is 206 g/mol. The third-order valence-electron chi connectivity index (χ3n) is 2.04. The molecule has 72 valence electrons. The minimum atomic E-state index is 0.0569. The van der Waals surface area contributed by atoms with Gasteiger partial charge in [-0.15, -0.1) is 11.3 Å². The van der Waals surface area contributed by atoms with Crippen molar-refractivity contribution >= 4 is 21.4 Å². The lowest BCUT2D eigenvalue weighted by Crippen LogP contribution is -1.90. The summed E-state index contributed by atoms with van der Waals surface area (Å²) in [7, 11) is 1.60. The van der Waals surface area contributed by atoms with Gasteiger partial charge in [0.05, 0.1) is 11.8 Å². The van der Waals surface area contributed by atoms with Gasteiger partial charge in [-0.25, -0.2) is 0 Å². The van der Waals surface area contributed by atoms with Gasteiger partial charge in [-0.05, 0) is 31.2 Å². The number of ether oxygens (including phenoxy) is 1. The minimum absolute atomic E-state index is 0.0569. The van der Waals surface area contributed by atoms with Gasteiger partial charge >= 0.3 is 0 Å². The van der Waals surface area contributed by atoms with Crippen molar-refractivity contribution in [2.24, 2.45) is 0 Å². The van der Waals surface area contributed by atoms with E-state index in [4.69, 9.17) is 4.74 Å². The van der Waals surface area contributed by atoms with Crippen LogP contribution in [-0.2, 0) is 0 Å². The molecule has 2 nitrogen and oxygen atoms in total. The SMILES string of the molecule is COc1ccc(=O)c2sc(C)cc2c1. The molecule has 0 radical (unpaired) electrons. The van der Waals surface area contributed by atoms with Gasteiger partial charge in [0.25, 0.3) is 0 Å².